The van der Waals surface area contributed by atoms with Crippen molar-refractivity contribution in [2.24, 2.45) is 0 Å². The molecule has 0 saturated heterocycles. The number of aromatic amines is 1. The quantitative estimate of drug-likeness (QED) is 0.684. The second kappa shape index (κ2) is 5.76. The van der Waals surface area contributed by atoms with E-state index in [9.17, 15) is 9.90 Å². The summed E-state index contributed by atoms with van der Waals surface area (Å²) in [5.41, 5.74) is 2.07. The van der Waals surface area contributed by atoms with Crippen molar-refractivity contribution in [2.45, 2.75) is 6.04 Å². The molecule has 1 atom stereocenters. The van der Waals surface area contributed by atoms with E-state index in [4.69, 9.17) is 0 Å². The summed E-state index contributed by atoms with van der Waals surface area (Å²) < 4.78 is 0. The van der Waals surface area contributed by atoms with Crippen LogP contribution in [0, 0.1) is 0 Å². The Bertz CT molecular complexity index is 752. The minimum absolute atomic E-state index is 0.158. The number of hydrogen-bond donors (Lipinski definition) is 3. The van der Waals surface area contributed by atoms with E-state index in [-0.39, 0.29) is 12.5 Å². The van der Waals surface area contributed by atoms with E-state index in [1.165, 1.54) is 0 Å². The molecule has 0 aliphatic heterocycles. The smallest absolute Gasteiger partial charge is 0.254 e. The van der Waals surface area contributed by atoms with E-state index in [0.717, 1.165) is 10.9 Å². The second-order valence-corrected chi connectivity index (χ2v) is 4.76. The third-order valence-corrected chi connectivity index (χ3v) is 3.41. The summed E-state index contributed by atoms with van der Waals surface area (Å²) in [6.07, 6.45) is 1.67. The first-order chi connectivity index (χ1) is 10.3. The standard InChI is InChI=1S/C16H15N3O2/c20-10-14(11-5-2-1-3-6-11)18-16(21)13-8-4-7-12-9-17-19-15(12)13/h1-9,14,20H,10H2,(H,17,19)(H,18,21)/t14-/m1/s1. The molecule has 1 heterocycles. The monoisotopic (exact) mass is 281 g/mol. The van der Waals surface area contributed by atoms with Gasteiger partial charge in [0.05, 0.1) is 29.9 Å². The van der Waals surface area contributed by atoms with Gasteiger partial charge in [0.15, 0.2) is 0 Å². The molecule has 0 spiro atoms. The summed E-state index contributed by atoms with van der Waals surface area (Å²) in [6.45, 7) is -0.158. The average molecular weight is 281 g/mol. The van der Waals surface area contributed by atoms with Crippen LogP contribution < -0.4 is 5.32 Å². The molecule has 21 heavy (non-hydrogen) atoms. The predicted molar refractivity (Wildman–Crippen MR) is 79.8 cm³/mol. The molecule has 5 nitrogen and oxygen atoms in total. The molecular formula is C16H15N3O2. The maximum Gasteiger partial charge on any atom is 0.254 e. The summed E-state index contributed by atoms with van der Waals surface area (Å²) in [5, 5.41) is 20.0. The number of nitrogens with zero attached hydrogens (tertiary/aromatic N) is 1. The van der Waals surface area contributed by atoms with Gasteiger partial charge in [0.1, 0.15) is 0 Å². The van der Waals surface area contributed by atoms with E-state index in [1.807, 2.05) is 42.5 Å². The number of aliphatic hydroxyl groups is 1. The molecule has 5 heteroatoms. The van der Waals surface area contributed by atoms with Gasteiger partial charge in [-0.25, -0.2) is 0 Å². The van der Waals surface area contributed by atoms with E-state index in [0.29, 0.717) is 11.1 Å². The van der Waals surface area contributed by atoms with Gasteiger partial charge in [-0.3, -0.25) is 9.89 Å². The van der Waals surface area contributed by atoms with Crippen LogP contribution in [0.5, 0.6) is 0 Å². The molecular weight excluding hydrogens is 266 g/mol. The first-order valence-electron chi connectivity index (χ1n) is 6.68. The highest BCUT2D eigenvalue weighted by Gasteiger charge is 2.17. The van der Waals surface area contributed by atoms with Crippen molar-refractivity contribution >= 4 is 16.8 Å². The van der Waals surface area contributed by atoms with Crippen molar-refractivity contribution in [1.82, 2.24) is 15.5 Å². The number of carbonyl (C=O) groups is 1. The molecule has 0 bridgehead atoms. The number of aromatic nitrogens is 2. The van der Waals surface area contributed by atoms with Crippen LogP contribution in [0.3, 0.4) is 0 Å². The number of amides is 1. The highest BCUT2D eigenvalue weighted by molar-refractivity contribution is 6.05. The van der Waals surface area contributed by atoms with Gasteiger partial charge in [-0.1, -0.05) is 42.5 Å². The fraction of sp³-hybridized carbons (Fsp3) is 0.125. The summed E-state index contributed by atoms with van der Waals surface area (Å²) in [5.74, 6) is -0.243. The third-order valence-electron chi connectivity index (χ3n) is 3.41. The minimum atomic E-state index is -0.433. The van der Waals surface area contributed by atoms with E-state index >= 15 is 0 Å². The van der Waals surface area contributed by atoms with Gasteiger partial charge < -0.3 is 10.4 Å². The summed E-state index contributed by atoms with van der Waals surface area (Å²) in [7, 11) is 0. The molecule has 3 aromatic rings. The number of carbonyl (C=O) groups excluding carboxylic acids is 1. The van der Waals surface area contributed by atoms with Crippen LogP contribution in [-0.2, 0) is 0 Å². The van der Waals surface area contributed by atoms with Crippen molar-refractivity contribution < 1.29 is 9.90 Å². The number of aliphatic hydroxyl groups excluding tert-OH is 1. The van der Waals surface area contributed by atoms with E-state index in [2.05, 4.69) is 15.5 Å². The molecule has 0 aliphatic rings. The van der Waals surface area contributed by atoms with Gasteiger partial charge >= 0.3 is 0 Å². The Morgan fingerprint density at radius 1 is 1.19 bits per heavy atom. The van der Waals surface area contributed by atoms with Crippen LogP contribution >= 0.6 is 0 Å². The molecule has 0 aliphatic carbocycles. The largest absolute Gasteiger partial charge is 0.394 e. The zero-order chi connectivity index (χ0) is 14.7. The Kier molecular flexibility index (Phi) is 3.66. The Morgan fingerprint density at radius 3 is 2.76 bits per heavy atom. The fourth-order valence-corrected chi connectivity index (χ4v) is 2.31. The van der Waals surface area contributed by atoms with Gasteiger partial charge in [0.25, 0.3) is 5.91 Å². The van der Waals surface area contributed by atoms with Gasteiger partial charge in [-0.15, -0.1) is 0 Å². The zero-order valence-corrected chi connectivity index (χ0v) is 11.3. The highest BCUT2D eigenvalue weighted by atomic mass is 16.3. The average Bonchev–Trinajstić information content (AvgIpc) is 3.01. The normalized spacial score (nSPS) is 12.2. The molecule has 1 aromatic heterocycles. The number of H-pyrrole nitrogens is 1. The lowest BCUT2D eigenvalue weighted by Crippen LogP contribution is -2.30. The first kappa shape index (κ1) is 13.3. The highest BCUT2D eigenvalue weighted by Crippen LogP contribution is 2.18. The van der Waals surface area contributed by atoms with Crippen molar-refractivity contribution in [3.63, 3.8) is 0 Å². The number of rotatable bonds is 4. The molecule has 0 saturated carbocycles. The van der Waals surface area contributed by atoms with Gasteiger partial charge in [0, 0.05) is 5.39 Å². The van der Waals surface area contributed by atoms with Crippen LogP contribution in [0.4, 0.5) is 0 Å². The lowest BCUT2D eigenvalue weighted by Gasteiger charge is -2.17. The van der Waals surface area contributed by atoms with Crippen LogP contribution in [0.25, 0.3) is 10.9 Å². The van der Waals surface area contributed by atoms with Crippen molar-refractivity contribution in [2.75, 3.05) is 6.61 Å². The molecule has 1 amide bonds. The summed E-state index contributed by atoms with van der Waals surface area (Å²) in [4.78, 5) is 12.4. The van der Waals surface area contributed by atoms with Gasteiger partial charge in [0.2, 0.25) is 0 Å². The van der Waals surface area contributed by atoms with E-state index < -0.39 is 6.04 Å². The number of hydrogen-bond acceptors (Lipinski definition) is 3. The third kappa shape index (κ3) is 2.64. The topological polar surface area (TPSA) is 78.0 Å². The van der Waals surface area contributed by atoms with Gasteiger partial charge in [-0.05, 0) is 11.6 Å². The second-order valence-electron chi connectivity index (χ2n) is 4.76. The number of para-hydroxylation sites is 1. The number of nitrogens with one attached hydrogen (secondary N) is 2. The van der Waals surface area contributed by atoms with Crippen molar-refractivity contribution in [1.29, 1.82) is 0 Å². The Hall–Kier alpha value is -2.66. The predicted octanol–water partition coefficient (Wildman–Crippen LogP) is 2.03. The molecule has 106 valence electrons. The molecule has 2 aromatic carbocycles. The number of fused-ring (bicyclic) bond motifs is 1. The Labute approximate surface area is 121 Å². The SMILES string of the molecule is O=C(N[C@H](CO)c1ccccc1)c1cccc2cn[nH]c12. The van der Waals surface area contributed by atoms with Crippen LogP contribution in [0.1, 0.15) is 22.0 Å². The lowest BCUT2D eigenvalue weighted by molar-refractivity contribution is 0.0917. The maximum absolute atomic E-state index is 12.4. The maximum atomic E-state index is 12.4. The summed E-state index contributed by atoms with van der Waals surface area (Å²) in [6, 6.07) is 14.4. The van der Waals surface area contributed by atoms with Crippen molar-refractivity contribution in [3.05, 3.63) is 65.9 Å². The van der Waals surface area contributed by atoms with Crippen LogP contribution in [0.15, 0.2) is 54.7 Å². The van der Waals surface area contributed by atoms with Gasteiger partial charge in [-0.2, -0.15) is 5.10 Å². The van der Waals surface area contributed by atoms with Crippen molar-refractivity contribution in [3.8, 4) is 0 Å². The fourth-order valence-electron chi connectivity index (χ4n) is 2.31. The molecule has 0 radical (unpaired) electrons. The first-order valence-corrected chi connectivity index (χ1v) is 6.68. The van der Waals surface area contributed by atoms with Crippen LogP contribution in [-0.4, -0.2) is 27.8 Å². The number of benzene rings is 2. The molecule has 3 rings (SSSR count). The molecule has 3 N–H and O–H groups in total. The molecule has 0 unspecified atom stereocenters. The minimum Gasteiger partial charge on any atom is -0.394 e. The summed E-state index contributed by atoms with van der Waals surface area (Å²) >= 11 is 0. The lowest BCUT2D eigenvalue weighted by atomic mass is 10.1. The zero-order valence-electron chi connectivity index (χ0n) is 11.3. The Morgan fingerprint density at radius 2 is 2.00 bits per heavy atom. The van der Waals surface area contributed by atoms with E-state index in [1.54, 1.807) is 12.3 Å². The Balaban J connectivity index is 1.87. The molecule has 0 fully saturated rings. The van der Waals surface area contributed by atoms with Crippen LogP contribution in [0.2, 0.25) is 0 Å².